The van der Waals surface area contributed by atoms with Crippen molar-refractivity contribution >= 4 is 32.9 Å². The van der Waals surface area contributed by atoms with Gasteiger partial charge in [-0.3, -0.25) is 4.79 Å². The van der Waals surface area contributed by atoms with Gasteiger partial charge in [0.15, 0.2) is 9.84 Å². The number of carbonyl (C=O) groups excluding carboxylic acids is 1. The average Bonchev–Trinajstić information content (AvgIpc) is 2.62. The summed E-state index contributed by atoms with van der Waals surface area (Å²) in [6.07, 6.45) is 4.28. The van der Waals surface area contributed by atoms with E-state index in [1.807, 2.05) is 0 Å². The fourth-order valence-electron chi connectivity index (χ4n) is 2.42. The molecule has 0 bridgehead atoms. The minimum absolute atomic E-state index is 0.199. The molecule has 2 N–H and O–H groups in total. The number of hydrogen-bond donors (Lipinski definition) is 2. The zero-order valence-electron chi connectivity index (χ0n) is 14.7. The molecule has 0 spiro atoms. The zero-order valence-corrected chi connectivity index (χ0v) is 15.5. The number of carbonyl (C=O) groups is 1. The summed E-state index contributed by atoms with van der Waals surface area (Å²) in [5.41, 5.74) is 2.41. The molecule has 1 aromatic carbocycles. The van der Waals surface area contributed by atoms with Gasteiger partial charge in [0.25, 0.3) is 0 Å². The van der Waals surface area contributed by atoms with Gasteiger partial charge in [0, 0.05) is 42.9 Å². The third-order valence-electron chi connectivity index (χ3n) is 3.60. The summed E-state index contributed by atoms with van der Waals surface area (Å²) < 4.78 is 23.6. The first kappa shape index (κ1) is 18.5. The average molecular weight is 383 g/mol. The van der Waals surface area contributed by atoms with Crippen LogP contribution in [0.1, 0.15) is 6.92 Å². The second kappa shape index (κ2) is 7.50. The predicted octanol–water partition coefficient (Wildman–Crippen LogP) is 2.64. The summed E-state index contributed by atoms with van der Waals surface area (Å²) in [7, 11) is -3.34. The molecule has 2 heterocycles. The molecule has 0 aliphatic carbocycles. The van der Waals surface area contributed by atoms with Gasteiger partial charge < -0.3 is 10.6 Å². The molecule has 0 aliphatic heterocycles. The topological polar surface area (TPSA) is 114 Å². The number of nitrogens with zero attached hydrogens (tertiary/aromatic N) is 3. The number of amides is 1. The van der Waals surface area contributed by atoms with E-state index in [1.54, 1.807) is 42.7 Å². The van der Waals surface area contributed by atoms with Crippen LogP contribution >= 0.6 is 0 Å². The number of pyridine rings is 1. The molecule has 8 nitrogen and oxygen atoms in total. The van der Waals surface area contributed by atoms with Gasteiger partial charge in [0.1, 0.15) is 5.82 Å². The monoisotopic (exact) mass is 383 g/mol. The van der Waals surface area contributed by atoms with E-state index in [0.717, 1.165) is 6.26 Å². The highest BCUT2D eigenvalue weighted by atomic mass is 32.2. The minimum atomic E-state index is -3.34. The van der Waals surface area contributed by atoms with E-state index in [2.05, 4.69) is 25.8 Å². The molecule has 0 fully saturated rings. The lowest BCUT2D eigenvalue weighted by Crippen LogP contribution is -2.08. The van der Waals surface area contributed by atoms with Crippen LogP contribution in [-0.4, -0.2) is 35.8 Å². The second-order valence-electron chi connectivity index (χ2n) is 5.83. The molecule has 27 heavy (non-hydrogen) atoms. The van der Waals surface area contributed by atoms with Gasteiger partial charge in [-0.05, 0) is 30.3 Å². The summed E-state index contributed by atoms with van der Waals surface area (Å²) in [6, 6.07) is 11.6. The maximum absolute atomic E-state index is 11.8. The lowest BCUT2D eigenvalue weighted by atomic mass is 10.1. The quantitative estimate of drug-likeness (QED) is 0.696. The summed E-state index contributed by atoms with van der Waals surface area (Å²) in [6.45, 7) is 1.39. The Morgan fingerprint density at radius 2 is 1.93 bits per heavy atom. The van der Waals surface area contributed by atoms with Gasteiger partial charge in [-0.15, -0.1) is 0 Å². The van der Waals surface area contributed by atoms with Gasteiger partial charge in [-0.1, -0.05) is 6.07 Å². The van der Waals surface area contributed by atoms with E-state index in [9.17, 15) is 13.2 Å². The first-order valence-electron chi connectivity index (χ1n) is 7.96. The van der Waals surface area contributed by atoms with Crippen molar-refractivity contribution in [2.75, 3.05) is 16.9 Å². The number of sulfone groups is 1. The molecule has 9 heteroatoms. The van der Waals surface area contributed by atoms with E-state index in [0.29, 0.717) is 28.5 Å². The number of rotatable bonds is 5. The van der Waals surface area contributed by atoms with E-state index < -0.39 is 9.84 Å². The van der Waals surface area contributed by atoms with Crippen molar-refractivity contribution in [1.29, 1.82) is 0 Å². The smallest absolute Gasteiger partial charge is 0.222 e. The van der Waals surface area contributed by atoms with Crippen LogP contribution in [0.2, 0.25) is 0 Å². The Morgan fingerprint density at radius 1 is 1.11 bits per heavy atom. The summed E-state index contributed by atoms with van der Waals surface area (Å²) in [4.78, 5) is 15.7. The second-order valence-corrected chi connectivity index (χ2v) is 7.85. The number of benzene rings is 1. The normalized spacial score (nSPS) is 11.0. The Balaban J connectivity index is 2.05. The molecular weight excluding hydrogens is 366 g/mol. The van der Waals surface area contributed by atoms with Crippen LogP contribution in [0, 0.1) is 0 Å². The van der Waals surface area contributed by atoms with Crippen molar-refractivity contribution in [3.8, 4) is 11.3 Å². The number of anilines is 3. The molecule has 0 atom stereocenters. The summed E-state index contributed by atoms with van der Waals surface area (Å²) in [5.74, 6) is 0.108. The fourth-order valence-corrected chi connectivity index (χ4v) is 3.08. The van der Waals surface area contributed by atoms with Gasteiger partial charge in [-0.25, -0.2) is 13.4 Å². The SMILES string of the molecule is CC(=O)Nc1cc(Nc2cccc(S(C)(=O)=O)c2)c(-c2cccnn2)cn1. The molecule has 3 aromatic rings. The molecular formula is C18H17N5O3S. The van der Waals surface area contributed by atoms with Crippen LogP contribution < -0.4 is 10.6 Å². The fraction of sp³-hybridized carbons (Fsp3) is 0.111. The van der Waals surface area contributed by atoms with Gasteiger partial charge in [-0.2, -0.15) is 10.2 Å². The van der Waals surface area contributed by atoms with E-state index in [1.165, 1.54) is 19.1 Å². The van der Waals surface area contributed by atoms with Crippen LogP contribution in [0.4, 0.5) is 17.2 Å². The van der Waals surface area contributed by atoms with Crippen LogP contribution in [0.5, 0.6) is 0 Å². The summed E-state index contributed by atoms with van der Waals surface area (Å²) >= 11 is 0. The predicted molar refractivity (Wildman–Crippen MR) is 102 cm³/mol. The maximum Gasteiger partial charge on any atom is 0.222 e. The van der Waals surface area contributed by atoms with Crippen molar-refractivity contribution < 1.29 is 13.2 Å². The molecule has 138 valence electrons. The Hall–Kier alpha value is -3.33. The number of hydrogen-bond acceptors (Lipinski definition) is 7. The van der Waals surface area contributed by atoms with Crippen molar-refractivity contribution in [2.24, 2.45) is 0 Å². The number of aromatic nitrogens is 3. The minimum Gasteiger partial charge on any atom is -0.355 e. The number of nitrogens with one attached hydrogen (secondary N) is 2. The highest BCUT2D eigenvalue weighted by Gasteiger charge is 2.12. The van der Waals surface area contributed by atoms with Crippen LogP contribution in [0.15, 0.2) is 59.8 Å². The largest absolute Gasteiger partial charge is 0.355 e. The molecule has 0 aliphatic rings. The van der Waals surface area contributed by atoms with Gasteiger partial charge in [0.05, 0.1) is 16.3 Å². The van der Waals surface area contributed by atoms with Crippen LogP contribution in [0.25, 0.3) is 11.3 Å². The van der Waals surface area contributed by atoms with Crippen LogP contribution in [0.3, 0.4) is 0 Å². The van der Waals surface area contributed by atoms with E-state index in [-0.39, 0.29) is 10.8 Å². The highest BCUT2D eigenvalue weighted by Crippen LogP contribution is 2.30. The molecule has 3 rings (SSSR count). The third-order valence-corrected chi connectivity index (χ3v) is 4.71. The molecule has 1 amide bonds. The molecule has 0 unspecified atom stereocenters. The van der Waals surface area contributed by atoms with Gasteiger partial charge >= 0.3 is 0 Å². The van der Waals surface area contributed by atoms with Crippen LogP contribution in [-0.2, 0) is 14.6 Å². The zero-order chi connectivity index (χ0) is 19.4. The van der Waals surface area contributed by atoms with Crippen molar-refractivity contribution in [3.05, 3.63) is 54.9 Å². The first-order chi connectivity index (χ1) is 12.8. The van der Waals surface area contributed by atoms with E-state index in [4.69, 9.17) is 0 Å². The Bertz CT molecular complexity index is 1090. The maximum atomic E-state index is 11.8. The van der Waals surface area contributed by atoms with Crippen molar-refractivity contribution in [2.45, 2.75) is 11.8 Å². The standard InChI is InChI=1S/C18H17N5O3S/c1-12(24)21-18-10-17(15(11-19-18)16-7-4-8-20-23-16)22-13-5-3-6-14(9-13)27(2,25)26/h3-11H,1-2H3,(H2,19,21,22,24). The van der Waals surface area contributed by atoms with Gasteiger partial charge in [0.2, 0.25) is 5.91 Å². The van der Waals surface area contributed by atoms with Crippen molar-refractivity contribution in [1.82, 2.24) is 15.2 Å². The van der Waals surface area contributed by atoms with Crippen molar-refractivity contribution in [3.63, 3.8) is 0 Å². The Labute approximate surface area is 156 Å². The highest BCUT2D eigenvalue weighted by molar-refractivity contribution is 7.90. The first-order valence-corrected chi connectivity index (χ1v) is 9.85. The lowest BCUT2D eigenvalue weighted by Gasteiger charge is -2.13. The molecule has 2 aromatic heterocycles. The molecule has 0 radical (unpaired) electrons. The molecule has 0 saturated heterocycles. The Kier molecular flexibility index (Phi) is 5.13. The summed E-state index contributed by atoms with van der Waals surface area (Å²) in [5, 5.41) is 13.8. The molecule has 0 saturated carbocycles. The van der Waals surface area contributed by atoms with E-state index >= 15 is 0 Å². The third kappa shape index (κ3) is 4.64. The lowest BCUT2D eigenvalue weighted by molar-refractivity contribution is -0.114. The Morgan fingerprint density at radius 3 is 2.59 bits per heavy atom.